The van der Waals surface area contributed by atoms with Gasteiger partial charge in [-0.2, -0.15) is 0 Å². The molecule has 1 aliphatic carbocycles. The van der Waals surface area contributed by atoms with E-state index >= 15 is 0 Å². The molecule has 4 nitrogen and oxygen atoms in total. The van der Waals surface area contributed by atoms with Gasteiger partial charge in [-0.15, -0.1) is 11.8 Å². The number of nitrogens with zero attached hydrogens (tertiary/aromatic N) is 2. The van der Waals surface area contributed by atoms with Crippen molar-refractivity contribution in [2.45, 2.75) is 29.7 Å². The summed E-state index contributed by atoms with van der Waals surface area (Å²) in [6, 6.07) is 12.9. The Morgan fingerprint density at radius 3 is 2.59 bits per heavy atom. The zero-order chi connectivity index (χ0) is 15.4. The summed E-state index contributed by atoms with van der Waals surface area (Å²) in [6.45, 7) is 0.662. The molecule has 0 bridgehead atoms. The number of anilines is 1. The van der Waals surface area contributed by atoms with Crippen molar-refractivity contribution in [3.05, 3.63) is 47.7 Å². The van der Waals surface area contributed by atoms with E-state index in [1.165, 1.54) is 18.4 Å². The maximum Gasteiger partial charge on any atom is 0.223 e. The molecule has 0 aliphatic heterocycles. The molecular weight excluding hydrogens is 292 g/mol. The highest BCUT2D eigenvalue weighted by molar-refractivity contribution is 7.99. The Morgan fingerprint density at radius 1 is 1.18 bits per heavy atom. The van der Waals surface area contributed by atoms with Crippen molar-refractivity contribution in [3.63, 3.8) is 0 Å². The molecule has 3 N–H and O–H groups in total. The summed E-state index contributed by atoms with van der Waals surface area (Å²) in [4.78, 5) is 9.20. The molecule has 22 heavy (non-hydrogen) atoms. The molecule has 5 heteroatoms. The number of aromatic nitrogens is 2. The van der Waals surface area contributed by atoms with E-state index in [0.717, 1.165) is 16.5 Å². The van der Waals surface area contributed by atoms with Crippen LogP contribution in [0.15, 0.2) is 41.4 Å². The molecule has 0 saturated heterocycles. The van der Waals surface area contributed by atoms with E-state index in [4.69, 9.17) is 10.7 Å². The predicted octanol–water partition coefficient (Wildman–Crippen LogP) is 3.23. The fraction of sp³-hybridized carbons (Fsp3) is 0.412. The van der Waals surface area contributed by atoms with Crippen LogP contribution in [0, 0.1) is 0 Å². The summed E-state index contributed by atoms with van der Waals surface area (Å²) in [5, 5.41) is 4.09. The van der Waals surface area contributed by atoms with Crippen LogP contribution in [-0.2, 0) is 0 Å². The summed E-state index contributed by atoms with van der Waals surface area (Å²) in [7, 11) is 1.87. The van der Waals surface area contributed by atoms with Crippen LogP contribution in [0.1, 0.15) is 35.9 Å². The van der Waals surface area contributed by atoms with Crippen LogP contribution in [0.3, 0.4) is 0 Å². The second-order valence-electron chi connectivity index (χ2n) is 5.54. The monoisotopic (exact) mass is 314 g/mol. The lowest BCUT2D eigenvalue weighted by atomic mass is 9.68. The van der Waals surface area contributed by atoms with Gasteiger partial charge in [-0.05, 0) is 30.4 Å². The maximum atomic E-state index is 5.60. The Kier molecular flexibility index (Phi) is 4.95. The number of hydrogen-bond acceptors (Lipinski definition) is 5. The molecule has 0 spiro atoms. The molecule has 2 atom stereocenters. The van der Waals surface area contributed by atoms with Crippen molar-refractivity contribution in [1.82, 2.24) is 9.97 Å². The normalized spacial score (nSPS) is 20.5. The fourth-order valence-electron chi connectivity index (χ4n) is 2.94. The maximum absolute atomic E-state index is 5.60. The minimum Gasteiger partial charge on any atom is -0.357 e. The Hall–Kier alpha value is -1.59. The van der Waals surface area contributed by atoms with Gasteiger partial charge in [0.1, 0.15) is 5.03 Å². The summed E-state index contributed by atoms with van der Waals surface area (Å²) in [5.74, 6) is 2.66. The van der Waals surface area contributed by atoms with Crippen LogP contribution in [0.25, 0.3) is 0 Å². The zero-order valence-electron chi connectivity index (χ0n) is 12.8. The molecule has 2 unspecified atom stereocenters. The molecule has 0 amide bonds. The first-order valence-corrected chi connectivity index (χ1v) is 8.75. The Balaban J connectivity index is 1.84. The average molecular weight is 314 g/mol. The second kappa shape index (κ2) is 7.11. The highest BCUT2D eigenvalue weighted by Gasteiger charge is 2.34. The lowest BCUT2D eigenvalue weighted by Gasteiger charge is -2.36. The van der Waals surface area contributed by atoms with E-state index in [9.17, 15) is 0 Å². The number of benzene rings is 1. The Bertz CT molecular complexity index is 617. The average Bonchev–Trinajstić information content (AvgIpc) is 2.52. The summed E-state index contributed by atoms with van der Waals surface area (Å²) in [5.41, 5.74) is 8.17. The number of nitrogens with one attached hydrogen (secondary N) is 1. The third-order valence-electron chi connectivity index (χ3n) is 4.20. The van der Waals surface area contributed by atoms with Gasteiger partial charge in [-0.1, -0.05) is 30.3 Å². The predicted molar refractivity (Wildman–Crippen MR) is 92.5 cm³/mol. The number of hydrogen-bond donors (Lipinski definition) is 2. The molecule has 1 fully saturated rings. The third kappa shape index (κ3) is 3.25. The van der Waals surface area contributed by atoms with Crippen LogP contribution in [-0.4, -0.2) is 29.3 Å². The number of rotatable bonds is 6. The first kappa shape index (κ1) is 15.3. The van der Waals surface area contributed by atoms with Crippen molar-refractivity contribution in [2.24, 2.45) is 5.73 Å². The lowest BCUT2D eigenvalue weighted by molar-refractivity contribution is 0.339. The van der Waals surface area contributed by atoms with Crippen LogP contribution < -0.4 is 11.1 Å². The molecular formula is C17H22N4S. The van der Waals surface area contributed by atoms with Gasteiger partial charge in [-0.25, -0.2) is 9.97 Å². The highest BCUT2D eigenvalue weighted by Crippen LogP contribution is 2.48. The molecule has 1 heterocycles. The lowest BCUT2D eigenvalue weighted by Crippen LogP contribution is -2.23. The van der Waals surface area contributed by atoms with Gasteiger partial charge < -0.3 is 11.1 Å². The van der Waals surface area contributed by atoms with Crippen LogP contribution in [0.5, 0.6) is 0 Å². The summed E-state index contributed by atoms with van der Waals surface area (Å²) in [6.07, 6.45) is 2.43. The SMILES string of the molecule is CNc1nc(SCCN)cc(C2CCC2c2ccccc2)n1. The molecule has 1 aliphatic rings. The second-order valence-corrected chi connectivity index (χ2v) is 6.66. The molecule has 0 radical (unpaired) electrons. The molecule has 116 valence electrons. The van der Waals surface area contributed by atoms with E-state index in [1.807, 2.05) is 7.05 Å². The van der Waals surface area contributed by atoms with E-state index in [2.05, 4.69) is 46.7 Å². The quantitative estimate of drug-likeness (QED) is 0.633. The molecule has 1 aromatic carbocycles. The smallest absolute Gasteiger partial charge is 0.223 e. The van der Waals surface area contributed by atoms with Crippen LogP contribution in [0.2, 0.25) is 0 Å². The van der Waals surface area contributed by atoms with E-state index in [-0.39, 0.29) is 0 Å². The van der Waals surface area contributed by atoms with Gasteiger partial charge in [-0.3, -0.25) is 0 Å². The number of nitrogens with two attached hydrogens (primary N) is 1. The van der Waals surface area contributed by atoms with Gasteiger partial charge in [0.05, 0.1) is 5.69 Å². The van der Waals surface area contributed by atoms with Crippen molar-refractivity contribution < 1.29 is 0 Å². The summed E-state index contributed by atoms with van der Waals surface area (Å²) >= 11 is 1.70. The van der Waals surface area contributed by atoms with Gasteiger partial charge in [0.25, 0.3) is 0 Å². The zero-order valence-corrected chi connectivity index (χ0v) is 13.6. The fourth-order valence-corrected chi connectivity index (χ4v) is 3.62. The topological polar surface area (TPSA) is 63.8 Å². The largest absolute Gasteiger partial charge is 0.357 e. The van der Waals surface area contributed by atoms with E-state index in [0.29, 0.717) is 24.3 Å². The molecule has 3 rings (SSSR count). The van der Waals surface area contributed by atoms with Gasteiger partial charge in [0.2, 0.25) is 5.95 Å². The van der Waals surface area contributed by atoms with E-state index in [1.54, 1.807) is 11.8 Å². The molecule has 2 aromatic rings. The highest BCUT2D eigenvalue weighted by atomic mass is 32.2. The standard InChI is InChI=1S/C17H22N4S/c1-19-17-20-15(11-16(21-17)22-10-9-18)14-8-7-13(14)12-5-3-2-4-6-12/h2-6,11,13-14H,7-10,18H2,1H3,(H,19,20,21). The van der Waals surface area contributed by atoms with Crippen molar-refractivity contribution in [2.75, 3.05) is 24.7 Å². The minimum atomic E-state index is 0.495. The number of thioether (sulfide) groups is 1. The Labute approximate surface area is 135 Å². The first-order chi connectivity index (χ1) is 10.8. The van der Waals surface area contributed by atoms with Gasteiger partial charge in [0.15, 0.2) is 0 Å². The Morgan fingerprint density at radius 2 is 1.95 bits per heavy atom. The van der Waals surface area contributed by atoms with Crippen molar-refractivity contribution in [1.29, 1.82) is 0 Å². The van der Waals surface area contributed by atoms with Crippen molar-refractivity contribution >= 4 is 17.7 Å². The van der Waals surface area contributed by atoms with Gasteiger partial charge in [0, 0.05) is 25.3 Å². The van der Waals surface area contributed by atoms with Crippen molar-refractivity contribution in [3.8, 4) is 0 Å². The first-order valence-electron chi connectivity index (χ1n) is 7.76. The molecule has 1 aromatic heterocycles. The van der Waals surface area contributed by atoms with Crippen LogP contribution in [0.4, 0.5) is 5.95 Å². The molecule has 1 saturated carbocycles. The summed E-state index contributed by atoms with van der Waals surface area (Å²) < 4.78 is 0. The minimum absolute atomic E-state index is 0.495. The van der Waals surface area contributed by atoms with Gasteiger partial charge >= 0.3 is 0 Å². The van der Waals surface area contributed by atoms with Crippen LogP contribution >= 0.6 is 11.8 Å². The van der Waals surface area contributed by atoms with E-state index < -0.39 is 0 Å². The third-order valence-corrected chi connectivity index (χ3v) is 5.14.